The zero-order chi connectivity index (χ0) is 14.7. The van der Waals surface area contributed by atoms with Crippen molar-refractivity contribution in [3.63, 3.8) is 0 Å². The number of anilines is 1. The number of nitrogens with zero attached hydrogens (tertiary/aromatic N) is 3. The fraction of sp³-hybridized carbons (Fsp3) is 0.714. The van der Waals surface area contributed by atoms with Crippen LogP contribution in [-0.2, 0) is 0 Å². The molecule has 0 aromatic carbocycles. The highest BCUT2D eigenvalue weighted by Gasteiger charge is 2.26. The zero-order valence-corrected chi connectivity index (χ0v) is 12.4. The lowest BCUT2D eigenvalue weighted by Gasteiger charge is -2.33. The number of aliphatic hydroxyl groups excluding tert-OH is 1. The number of rotatable bonds is 3. The molecule has 2 heterocycles. The average Bonchev–Trinajstić information content (AvgIpc) is 2.87. The highest BCUT2D eigenvalue weighted by molar-refractivity contribution is 5.89. The van der Waals surface area contributed by atoms with Crippen molar-refractivity contribution in [2.24, 2.45) is 5.92 Å². The maximum Gasteiger partial charge on any atom is 0.321 e. The Labute approximate surface area is 119 Å². The molecule has 2 unspecified atom stereocenters. The first-order chi connectivity index (χ1) is 9.47. The van der Waals surface area contributed by atoms with E-state index in [0.29, 0.717) is 12.2 Å². The molecule has 0 bridgehead atoms. The van der Waals surface area contributed by atoms with Gasteiger partial charge in [0.25, 0.3) is 0 Å². The van der Waals surface area contributed by atoms with Crippen LogP contribution in [-0.4, -0.2) is 45.0 Å². The second kappa shape index (κ2) is 6.26. The monoisotopic (exact) mass is 280 g/mol. The molecule has 1 fully saturated rings. The van der Waals surface area contributed by atoms with Gasteiger partial charge in [-0.15, -0.1) is 0 Å². The molecule has 1 aromatic rings. The van der Waals surface area contributed by atoms with Gasteiger partial charge in [-0.05, 0) is 33.6 Å². The molecule has 0 radical (unpaired) electrons. The summed E-state index contributed by atoms with van der Waals surface area (Å²) in [7, 11) is 0. The molecule has 2 amide bonds. The molecule has 1 aromatic heterocycles. The first kappa shape index (κ1) is 14.8. The van der Waals surface area contributed by atoms with Gasteiger partial charge in [-0.2, -0.15) is 5.10 Å². The van der Waals surface area contributed by atoms with Gasteiger partial charge < -0.3 is 15.3 Å². The Kier molecular flexibility index (Phi) is 4.65. The lowest BCUT2D eigenvalue weighted by atomic mass is 9.94. The number of carbonyl (C=O) groups excluding carboxylic acids is 1. The molecule has 2 atom stereocenters. The minimum absolute atomic E-state index is 0.112. The summed E-state index contributed by atoms with van der Waals surface area (Å²) >= 11 is 0. The summed E-state index contributed by atoms with van der Waals surface area (Å²) in [6, 6.07) is 0.161. The summed E-state index contributed by atoms with van der Waals surface area (Å²) in [5, 5.41) is 16.7. The summed E-state index contributed by atoms with van der Waals surface area (Å²) in [5.41, 5.74) is 0.711. The van der Waals surface area contributed by atoms with Gasteiger partial charge in [0.1, 0.15) is 0 Å². The van der Waals surface area contributed by atoms with Crippen molar-refractivity contribution in [3.05, 3.63) is 12.4 Å². The molecule has 1 saturated heterocycles. The molecule has 2 rings (SSSR count). The van der Waals surface area contributed by atoms with Crippen molar-refractivity contribution >= 4 is 11.7 Å². The predicted octanol–water partition coefficient (Wildman–Crippen LogP) is 2.09. The lowest BCUT2D eigenvalue weighted by Crippen LogP contribution is -2.44. The third-order valence-electron chi connectivity index (χ3n) is 3.81. The van der Waals surface area contributed by atoms with Crippen molar-refractivity contribution in [2.75, 3.05) is 18.4 Å². The molecule has 112 valence electrons. The van der Waals surface area contributed by atoms with Crippen LogP contribution >= 0.6 is 0 Å². The Morgan fingerprint density at radius 3 is 2.85 bits per heavy atom. The van der Waals surface area contributed by atoms with E-state index in [9.17, 15) is 9.90 Å². The second-order valence-corrected chi connectivity index (χ2v) is 5.82. The molecule has 0 aliphatic carbocycles. The maximum atomic E-state index is 12.2. The van der Waals surface area contributed by atoms with Crippen molar-refractivity contribution in [3.8, 4) is 0 Å². The van der Waals surface area contributed by atoms with Crippen molar-refractivity contribution in [1.82, 2.24) is 14.7 Å². The van der Waals surface area contributed by atoms with Crippen LogP contribution < -0.4 is 5.32 Å². The van der Waals surface area contributed by atoms with E-state index in [1.165, 1.54) is 0 Å². The predicted molar refractivity (Wildman–Crippen MR) is 77.6 cm³/mol. The quantitative estimate of drug-likeness (QED) is 0.890. The smallest absolute Gasteiger partial charge is 0.321 e. The Morgan fingerprint density at radius 2 is 2.25 bits per heavy atom. The van der Waals surface area contributed by atoms with E-state index < -0.39 is 0 Å². The fourth-order valence-electron chi connectivity index (χ4n) is 2.48. The van der Waals surface area contributed by atoms with E-state index in [4.69, 9.17) is 0 Å². The summed E-state index contributed by atoms with van der Waals surface area (Å²) in [6.07, 6.45) is 5.04. The van der Waals surface area contributed by atoms with Crippen LogP contribution in [0.2, 0.25) is 0 Å². The van der Waals surface area contributed by atoms with Crippen LogP contribution in [0.15, 0.2) is 12.4 Å². The van der Waals surface area contributed by atoms with E-state index in [2.05, 4.69) is 10.4 Å². The van der Waals surface area contributed by atoms with Crippen LogP contribution in [0.4, 0.5) is 10.5 Å². The molecule has 6 heteroatoms. The third kappa shape index (κ3) is 3.50. The van der Waals surface area contributed by atoms with E-state index >= 15 is 0 Å². The van der Waals surface area contributed by atoms with E-state index in [-0.39, 0.29) is 24.1 Å². The van der Waals surface area contributed by atoms with Gasteiger partial charge in [0.05, 0.1) is 18.0 Å². The number of hydrogen-bond acceptors (Lipinski definition) is 3. The molecular weight excluding hydrogens is 256 g/mol. The van der Waals surface area contributed by atoms with Crippen molar-refractivity contribution in [1.29, 1.82) is 0 Å². The maximum absolute atomic E-state index is 12.2. The van der Waals surface area contributed by atoms with Crippen LogP contribution in [0.1, 0.15) is 39.7 Å². The van der Waals surface area contributed by atoms with Gasteiger partial charge in [0.15, 0.2) is 0 Å². The summed E-state index contributed by atoms with van der Waals surface area (Å²) in [5.74, 6) is 0.174. The normalized spacial score (nSPS) is 21.1. The molecule has 2 N–H and O–H groups in total. The first-order valence-electron chi connectivity index (χ1n) is 7.25. The van der Waals surface area contributed by atoms with Crippen LogP contribution in [0, 0.1) is 5.92 Å². The van der Waals surface area contributed by atoms with Crippen molar-refractivity contribution in [2.45, 2.75) is 45.8 Å². The van der Waals surface area contributed by atoms with Crippen LogP contribution in [0.25, 0.3) is 0 Å². The molecule has 6 nitrogen and oxygen atoms in total. The molecule has 1 aliphatic rings. The summed E-state index contributed by atoms with van der Waals surface area (Å²) < 4.78 is 1.81. The van der Waals surface area contributed by atoms with E-state index in [0.717, 1.165) is 19.4 Å². The molecule has 0 spiro atoms. The van der Waals surface area contributed by atoms with Gasteiger partial charge in [0, 0.05) is 31.2 Å². The number of nitrogens with one attached hydrogen (secondary N) is 1. The lowest BCUT2D eigenvalue weighted by molar-refractivity contribution is 0.0766. The van der Waals surface area contributed by atoms with Gasteiger partial charge in [-0.25, -0.2) is 4.79 Å². The number of amides is 2. The Hall–Kier alpha value is -1.56. The van der Waals surface area contributed by atoms with Gasteiger partial charge in [-0.1, -0.05) is 0 Å². The SMILES string of the molecule is CC(O)C1CCCN(C(=O)Nc2cnn(C(C)C)c2)C1. The minimum Gasteiger partial charge on any atom is -0.393 e. The largest absolute Gasteiger partial charge is 0.393 e. The number of likely N-dealkylation sites (tertiary alicyclic amines) is 1. The highest BCUT2D eigenvalue weighted by atomic mass is 16.3. The van der Waals surface area contributed by atoms with Crippen molar-refractivity contribution < 1.29 is 9.90 Å². The molecule has 1 aliphatic heterocycles. The van der Waals surface area contributed by atoms with E-state index in [1.807, 2.05) is 24.7 Å². The van der Waals surface area contributed by atoms with E-state index in [1.54, 1.807) is 18.0 Å². The minimum atomic E-state index is -0.366. The van der Waals surface area contributed by atoms with Crippen LogP contribution in [0.3, 0.4) is 0 Å². The second-order valence-electron chi connectivity index (χ2n) is 5.82. The standard InChI is InChI=1S/C14H24N4O2/c1-10(2)18-9-13(7-15-18)16-14(20)17-6-4-5-12(8-17)11(3)19/h7,9-12,19H,4-6,8H2,1-3H3,(H,16,20). The molecule has 0 saturated carbocycles. The number of hydrogen-bond donors (Lipinski definition) is 2. The summed E-state index contributed by atoms with van der Waals surface area (Å²) in [4.78, 5) is 14.0. The topological polar surface area (TPSA) is 70.4 Å². The van der Waals surface area contributed by atoms with Gasteiger partial charge in [-0.3, -0.25) is 4.68 Å². The Balaban J connectivity index is 1.93. The first-order valence-corrected chi connectivity index (χ1v) is 7.25. The summed E-state index contributed by atoms with van der Waals surface area (Å²) in [6.45, 7) is 7.22. The third-order valence-corrected chi connectivity index (χ3v) is 3.81. The van der Waals surface area contributed by atoms with Gasteiger partial charge >= 0.3 is 6.03 Å². The fourth-order valence-corrected chi connectivity index (χ4v) is 2.48. The number of carbonyl (C=O) groups is 1. The Morgan fingerprint density at radius 1 is 1.50 bits per heavy atom. The highest BCUT2D eigenvalue weighted by Crippen LogP contribution is 2.20. The molecule has 20 heavy (non-hydrogen) atoms. The number of aliphatic hydroxyl groups is 1. The molecular formula is C14H24N4O2. The van der Waals surface area contributed by atoms with Gasteiger partial charge in [0.2, 0.25) is 0 Å². The number of piperidine rings is 1. The number of aromatic nitrogens is 2. The zero-order valence-electron chi connectivity index (χ0n) is 12.4. The Bertz CT molecular complexity index is 456. The number of urea groups is 1. The van der Waals surface area contributed by atoms with Crippen LogP contribution in [0.5, 0.6) is 0 Å². The average molecular weight is 280 g/mol.